The van der Waals surface area contributed by atoms with E-state index in [-0.39, 0.29) is 11.8 Å². The third-order valence-corrected chi connectivity index (χ3v) is 4.05. The van der Waals surface area contributed by atoms with Gasteiger partial charge in [-0.2, -0.15) is 0 Å². The van der Waals surface area contributed by atoms with Gasteiger partial charge in [0.2, 0.25) is 5.91 Å². The number of rotatable bonds is 4. The van der Waals surface area contributed by atoms with Crippen LogP contribution in [0.1, 0.15) is 24.6 Å². The number of carboxylic acid groups (broad SMARTS) is 1. The van der Waals surface area contributed by atoms with Gasteiger partial charge in [0.05, 0.1) is 5.92 Å². The summed E-state index contributed by atoms with van der Waals surface area (Å²) in [6, 6.07) is 0. The normalized spacial score (nSPS) is 17.3. The van der Waals surface area contributed by atoms with E-state index in [1.807, 2.05) is 0 Å². The van der Waals surface area contributed by atoms with Crippen molar-refractivity contribution in [1.82, 2.24) is 9.88 Å². The molecule has 1 aliphatic rings. The Hall–Kier alpha value is -1.47. The number of amides is 1. The Labute approximate surface area is 115 Å². The van der Waals surface area contributed by atoms with E-state index in [0.29, 0.717) is 18.0 Å². The molecule has 2 N–H and O–H groups in total. The first-order valence-corrected chi connectivity index (χ1v) is 7.03. The highest BCUT2D eigenvalue weighted by Crippen LogP contribution is 2.23. The van der Waals surface area contributed by atoms with Gasteiger partial charge in [-0.25, -0.2) is 4.98 Å². The van der Waals surface area contributed by atoms with Gasteiger partial charge < -0.3 is 10.4 Å². The van der Waals surface area contributed by atoms with Gasteiger partial charge in [-0.1, -0.05) is 0 Å². The van der Waals surface area contributed by atoms with E-state index in [1.54, 1.807) is 6.20 Å². The number of carbonyl (C=O) groups is 2. The van der Waals surface area contributed by atoms with E-state index in [0.717, 1.165) is 24.5 Å². The number of carbonyl (C=O) groups excluding carboxylic acids is 1. The maximum absolute atomic E-state index is 10.9. The molecule has 0 bridgehead atoms. The summed E-state index contributed by atoms with van der Waals surface area (Å²) in [6.45, 7) is 3.82. The second-order valence-corrected chi connectivity index (χ2v) is 5.82. The van der Waals surface area contributed by atoms with Gasteiger partial charge in [-0.15, -0.1) is 11.3 Å². The van der Waals surface area contributed by atoms with Crippen molar-refractivity contribution in [3.05, 3.63) is 11.1 Å². The standard InChI is InChI=1S/C12H17N3O3S/c1-8(16)14-12-13-6-10(19-12)7-15-4-2-9(3-5-15)11(17)18/h6,9H,2-5,7H2,1H3,(H,17,18)(H,13,14,16). The average molecular weight is 283 g/mol. The van der Waals surface area contributed by atoms with E-state index in [1.165, 1.54) is 18.3 Å². The highest BCUT2D eigenvalue weighted by Gasteiger charge is 2.24. The molecule has 6 nitrogen and oxygen atoms in total. The Bertz CT molecular complexity index is 467. The third kappa shape index (κ3) is 4.00. The van der Waals surface area contributed by atoms with E-state index in [2.05, 4.69) is 15.2 Å². The lowest BCUT2D eigenvalue weighted by Crippen LogP contribution is -2.35. The summed E-state index contributed by atoms with van der Waals surface area (Å²) in [5, 5.41) is 12.2. The van der Waals surface area contributed by atoms with Crippen molar-refractivity contribution >= 4 is 28.3 Å². The minimum atomic E-state index is -0.689. The van der Waals surface area contributed by atoms with Crippen molar-refractivity contribution < 1.29 is 14.7 Å². The predicted octanol–water partition coefficient (Wildman–Crippen LogP) is 1.40. The number of thiazole rings is 1. The molecule has 0 aliphatic carbocycles. The fourth-order valence-electron chi connectivity index (χ4n) is 2.15. The summed E-state index contributed by atoms with van der Waals surface area (Å²) in [5.74, 6) is -1.01. The van der Waals surface area contributed by atoms with E-state index in [4.69, 9.17) is 5.11 Å². The molecule has 19 heavy (non-hydrogen) atoms. The molecule has 0 aromatic carbocycles. The maximum Gasteiger partial charge on any atom is 0.306 e. The van der Waals surface area contributed by atoms with Crippen LogP contribution in [-0.4, -0.2) is 40.0 Å². The predicted molar refractivity (Wildman–Crippen MR) is 72.1 cm³/mol. The number of aliphatic carboxylic acids is 1. The Balaban J connectivity index is 1.84. The zero-order valence-electron chi connectivity index (χ0n) is 10.8. The van der Waals surface area contributed by atoms with Gasteiger partial charge in [0.25, 0.3) is 0 Å². The lowest BCUT2D eigenvalue weighted by atomic mass is 9.97. The molecule has 2 heterocycles. The van der Waals surface area contributed by atoms with Crippen molar-refractivity contribution in [2.75, 3.05) is 18.4 Å². The second-order valence-electron chi connectivity index (χ2n) is 4.70. The van der Waals surface area contributed by atoms with Gasteiger partial charge >= 0.3 is 5.97 Å². The van der Waals surface area contributed by atoms with Crippen LogP contribution in [0.5, 0.6) is 0 Å². The molecule has 0 atom stereocenters. The highest BCUT2D eigenvalue weighted by atomic mass is 32.1. The van der Waals surface area contributed by atoms with Crippen molar-refractivity contribution in [1.29, 1.82) is 0 Å². The Kier molecular flexibility index (Phi) is 4.49. The molecule has 104 valence electrons. The quantitative estimate of drug-likeness (QED) is 0.872. The molecule has 0 radical (unpaired) electrons. The fraction of sp³-hybridized carbons (Fsp3) is 0.583. The van der Waals surface area contributed by atoms with Gasteiger partial charge in [0.1, 0.15) is 0 Å². The monoisotopic (exact) mass is 283 g/mol. The average Bonchev–Trinajstić information content (AvgIpc) is 2.76. The first kappa shape index (κ1) is 14.0. The number of nitrogens with zero attached hydrogens (tertiary/aromatic N) is 2. The van der Waals surface area contributed by atoms with Gasteiger partial charge in [-0.05, 0) is 25.9 Å². The van der Waals surface area contributed by atoms with Crippen molar-refractivity contribution in [3.63, 3.8) is 0 Å². The van der Waals surface area contributed by atoms with Crippen molar-refractivity contribution in [3.8, 4) is 0 Å². The van der Waals surface area contributed by atoms with Crippen LogP contribution in [0.25, 0.3) is 0 Å². The lowest BCUT2D eigenvalue weighted by Gasteiger charge is -2.29. The molecule has 1 aromatic heterocycles. The first-order valence-electron chi connectivity index (χ1n) is 6.22. The van der Waals surface area contributed by atoms with E-state index >= 15 is 0 Å². The minimum absolute atomic E-state index is 0.122. The van der Waals surface area contributed by atoms with Crippen LogP contribution < -0.4 is 5.32 Å². The molecule has 2 rings (SSSR count). The van der Waals surface area contributed by atoms with Crippen LogP contribution in [0.2, 0.25) is 0 Å². The van der Waals surface area contributed by atoms with Crippen LogP contribution in [0.15, 0.2) is 6.20 Å². The Morgan fingerprint density at radius 2 is 2.21 bits per heavy atom. The Morgan fingerprint density at radius 1 is 1.53 bits per heavy atom. The zero-order chi connectivity index (χ0) is 13.8. The van der Waals surface area contributed by atoms with Gasteiger partial charge in [0, 0.05) is 24.5 Å². The molecular formula is C12H17N3O3S. The third-order valence-electron chi connectivity index (χ3n) is 3.15. The van der Waals surface area contributed by atoms with Crippen molar-refractivity contribution in [2.24, 2.45) is 5.92 Å². The molecule has 0 unspecified atom stereocenters. The van der Waals surface area contributed by atoms with Gasteiger partial charge in [0.15, 0.2) is 5.13 Å². The van der Waals surface area contributed by atoms with Crippen LogP contribution >= 0.6 is 11.3 Å². The first-order chi connectivity index (χ1) is 9.04. The molecule has 1 fully saturated rings. The Morgan fingerprint density at radius 3 is 2.79 bits per heavy atom. The molecule has 1 aromatic rings. The summed E-state index contributed by atoms with van der Waals surface area (Å²) in [4.78, 5) is 29.2. The molecule has 1 amide bonds. The summed E-state index contributed by atoms with van der Waals surface area (Å²) < 4.78 is 0. The van der Waals surface area contributed by atoms with Crippen LogP contribution in [0, 0.1) is 5.92 Å². The summed E-state index contributed by atoms with van der Waals surface area (Å²) in [7, 11) is 0. The number of hydrogen-bond acceptors (Lipinski definition) is 5. The number of anilines is 1. The topological polar surface area (TPSA) is 82.5 Å². The zero-order valence-corrected chi connectivity index (χ0v) is 11.6. The van der Waals surface area contributed by atoms with E-state index < -0.39 is 5.97 Å². The molecule has 1 aliphatic heterocycles. The molecule has 7 heteroatoms. The number of piperidine rings is 1. The van der Waals surface area contributed by atoms with Crippen LogP contribution in [0.3, 0.4) is 0 Å². The lowest BCUT2D eigenvalue weighted by molar-refractivity contribution is -0.143. The van der Waals surface area contributed by atoms with Crippen molar-refractivity contribution in [2.45, 2.75) is 26.3 Å². The molecule has 0 saturated carbocycles. The summed E-state index contributed by atoms with van der Waals surface area (Å²) in [5.41, 5.74) is 0. The minimum Gasteiger partial charge on any atom is -0.481 e. The molecule has 0 spiro atoms. The SMILES string of the molecule is CC(=O)Nc1ncc(CN2CCC(C(=O)O)CC2)s1. The van der Waals surface area contributed by atoms with Crippen LogP contribution in [-0.2, 0) is 16.1 Å². The second kappa shape index (κ2) is 6.12. The van der Waals surface area contributed by atoms with E-state index in [9.17, 15) is 9.59 Å². The fourth-order valence-corrected chi connectivity index (χ4v) is 3.05. The summed E-state index contributed by atoms with van der Waals surface area (Å²) in [6.07, 6.45) is 3.17. The molecule has 1 saturated heterocycles. The van der Waals surface area contributed by atoms with Crippen LogP contribution in [0.4, 0.5) is 5.13 Å². The number of aromatic nitrogens is 1. The molecular weight excluding hydrogens is 266 g/mol. The maximum atomic E-state index is 10.9. The number of hydrogen-bond donors (Lipinski definition) is 2. The van der Waals surface area contributed by atoms with Gasteiger partial charge in [-0.3, -0.25) is 14.5 Å². The smallest absolute Gasteiger partial charge is 0.306 e. The number of nitrogens with one attached hydrogen (secondary N) is 1. The summed E-state index contributed by atoms with van der Waals surface area (Å²) >= 11 is 1.46. The largest absolute Gasteiger partial charge is 0.481 e. The number of likely N-dealkylation sites (tertiary alicyclic amines) is 1. The highest BCUT2D eigenvalue weighted by molar-refractivity contribution is 7.15. The number of carboxylic acids is 1.